The van der Waals surface area contributed by atoms with Crippen molar-refractivity contribution in [3.63, 3.8) is 0 Å². The number of nitrogens with zero attached hydrogens (tertiary/aromatic N) is 6. The number of ether oxygens (including phenoxy) is 3. The molecule has 6 rings (SSSR count). The fraction of sp³-hybridized carbons (Fsp3) is 0.314. The molecule has 0 radical (unpaired) electrons. The summed E-state index contributed by atoms with van der Waals surface area (Å²) in [6.45, 7) is 7.45. The molecule has 12 nitrogen and oxygen atoms in total. The molecule has 1 N–H and O–H groups in total. The van der Waals surface area contributed by atoms with Gasteiger partial charge in [0, 0.05) is 68.7 Å². The van der Waals surface area contributed by atoms with Crippen molar-refractivity contribution in [3.8, 4) is 28.7 Å². The van der Waals surface area contributed by atoms with Crippen LogP contribution in [-0.4, -0.2) is 88.5 Å². The first-order valence-corrected chi connectivity index (χ1v) is 16.0. The number of aromatic nitrogens is 4. The van der Waals surface area contributed by atoms with Gasteiger partial charge in [0.05, 0.1) is 19.2 Å². The number of likely N-dealkylation sites (N-methyl/N-ethyl adjacent to an activating group) is 1. The van der Waals surface area contributed by atoms with Crippen molar-refractivity contribution in [1.29, 1.82) is 0 Å². The predicted octanol–water partition coefficient (Wildman–Crippen LogP) is 4.95. The lowest BCUT2D eigenvalue weighted by Crippen LogP contribution is -2.44. The zero-order valence-corrected chi connectivity index (χ0v) is 27.5. The van der Waals surface area contributed by atoms with Crippen molar-refractivity contribution >= 4 is 22.5 Å². The van der Waals surface area contributed by atoms with Crippen molar-refractivity contribution in [2.75, 3.05) is 58.8 Å². The molecule has 1 fully saturated rings. The number of fused-ring (bicyclic) bond motifs is 1. The molecule has 0 spiro atoms. The molecule has 256 valence electrons. The number of piperazine rings is 1. The number of pyridine rings is 1. The summed E-state index contributed by atoms with van der Waals surface area (Å²) >= 11 is 0. The van der Waals surface area contributed by atoms with Gasteiger partial charge in [0.25, 0.3) is 5.91 Å². The van der Waals surface area contributed by atoms with Crippen molar-refractivity contribution in [3.05, 3.63) is 94.8 Å². The standard InChI is InChI=1S/C35H37F2N7O5/c1-4-43-33(40-44(35(43)46)28-9-6-5-8-25(28)36)34(45)39-23-10-11-30(26(37)20-23)49-29-12-13-38-27-22-32(31(47-3)21-24(27)29)48-19-7-14-42-17-15-41(2)16-18-42/h5-6,8-13,20-22H,4,7,14-19H2,1-3H3,(H,39,45). The second kappa shape index (κ2) is 14.8. The van der Waals surface area contributed by atoms with Gasteiger partial charge in [0.1, 0.15) is 17.3 Å². The molecule has 0 bridgehead atoms. The van der Waals surface area contributed by atoms with E-state index in [4.69, 9.17) is 14.2 Å². The van der Waals surface area contributed by atoms with Crippen LogP contribution in [-0.2, 0) is 6.54 Å². The molecule has 1 amide bonds. The molecule has 14 heteroatoms. The number of hydrogen-bond donors (Lipinski definition) is 1. The minimum atomic E-state index is -0.772. The first-order valence-electron chi connectivity index (χ1n) is 16.0. The Kier molecular flexibility index (Phi) is 10.2. The van der Waals surface area contributed by atoms with E-state index in [-0.39, 0.29) is 29.5 Å². The van der Waals surface area contributed by atoms with Gasteiger partial charge >= 0.3 is 5.69 Å². The largest absolute Gasteiger partial charge is 0.493 e. The van der Waals surface area contributed by atoms with E-state index in [0.717, 1.165) is 54.5 Å². The average Bonchev–Trinajstić information content (AvgIpc) is 3.44. The molecular weight excluding hydrogens is 636 g/mol. The maximum absolute atomic E-state index is 15.3. The number of para-hydroxylation sites is 1. The van der Waals surface area contributed by atoms with E-state index in [1.165, 1.54) is 30.3 Å². The van der Waals surface area contributed by atoms with Gasteiger partial charge in [-0.15, -0.1) is 5.10 Å². The van der Waals surface area contributed by atoms with E-state index < -0.39 is 23.2 Å². The summed E-state index contributed by atoms with van der Waals surface area (Å²) in [6.07, 6.45) is 2.42. The van der Waals surface area contributed by atoms with Crippen LogP contribution in [0.3, 0.4) is 0 Å². The van der Waals surface area contributed by atoms with E-state index in [0.29, 0.717) is 34.8 Å². The van der Waals surface area contributed by atoms with E-state index in [1.54, 1.807) is 44.5 Å². The van der Waals surface area contributed by atoms with Crippen LogP contribution in [0, 0.1) is 11.6 Å². The Balaban J connectivity index is 1.15. The zero-order valence-electron chi connectivity index (χ0n) is 27.5. The van der Waals surface area contributed by atoms with Crippen LogP contribution in [0.4, 0.5) is 14.5 Å². The summed E-state index contributed by atoms with van der Waals surface area (Å²) in [5.41, 5.74) is -0.105. The summed E-state index contributed by atoms with van der Waals surface area (Å²) in [7, 11) is 3.68. The molecule has 0 unspecified atom stereocenters. The predicted molar refractivity (Wildman–Crippen MR) is 180 cm³/mol. The van der Waals surface area contributed by atoms with Gasteiger partial charge in [-0.1, -0.05) is 12.1 Å². The van der Waals surface area contributed by atoms with Crippen molar-refractivity contribution in [2.45, 2.75) is 19.9 Å². The van der Waals surface area contributed by atoms with Gasteiger partial charge < -0.3 is 29.3 Å². The van der Waals surface area contributed by atoms with Crippen LogP contribution in [0.25, 0.3) is 16.6 Å². The first kappa shape index (κ1) is 33.6. The summed E-state index contributed by atoms with van der Waals surface area (Å²) in [5.74, 6) is -1.16. The van der Waals surface area contributed by atoms with Crippen molar-refractivity contribution in [1.82, 2.24) is 29.1 Å². The molecule has 0 saturated carbocycles. The lowest BCUT2D eigenvalue weighted by Gasteiger charge is -2.32. The number of halogens is 2. The van der Waals surface area contributed by atoms with Crippen molar-refractivity contribution < 1.29 is 27.8 Å². The number of amides is 1. The maximum atomic E-state index is 15.3. The number of nitrogens with one attached hydrogen (secondary N) is 1. The third kappa shape index (κ3) is 7.39. The van der Waals surface area contributed by atoms with Gasteiger partial charge in [-0.05, 0) is 56.8 Å². The SMILES string of the molecule is CCn1c(C(=O)Nc2ccc(Oc3ccnc4cc(OCCCN5CCN(C)CC5)c(OC)cc34)c(F)c2)nn(-c2ccccc2F)c1=O. The minimum Gasteiger partial charge on any atom is -0.493 e. The Morgan fingerprint density at radius 3 is 2.47 bits per heavy atom. The monoisotopic (exact) mass is 673 g/mol. The second-order valence-corrected chi connectivity index (χ2v) is 11.6. The lowest BCUT2D eigenvalue weighted by molar-refractivity contribution is 0.101. The summed E-state index contributed by atoms with van der Waals surface area (Å²) < 4.78 is 49.3. The quantitative estimate of drug-likeness (QED) is 0.184. The summed E-state index contributed by atoms with van der Waals surface area (Å²) in [6, 6.07) is 14.7. The first-order chi connectivity index (χ1) is 23.7. The lowest BCUT2D eigenvalue weighted by atomic mass is 10.1. The molecule has 1 aliphatic rings. The molecule has 49 heavy (non-hydrogen) atoms. The van der Waals surface area contributed by atoms with Crippen LogP contribution in [0.1, 0.15) is 24.0 Å². The molecule has 0 aliphatic carbocycles. The van der Waals surface area contributed by atoms with Crippen LogP contribution >= 0.6 is 0 Å². The van der Waals surface area contributed by atoms with E-state index in [9.17, 15) is 14.0 Å². The fourth-order valence-electron chi connectivity index (χ4n) is 5.63. The minimum absolute atomic E-state index is 0.0944. The zero-order chi connectivity index (χ0) is 34.5. The average molecular weight is 674 g/mol. The molecule has 5 aromatic rings. The topological polar surface area (TPSA) is 116 Å². The molecule has 3 aromatic carbocycles. The van der Waals surface area contributed by atoms with Crippen LogP contribution in [0.2, 0.25) is 0 Å². The molecule has 1 aliphatic heterocycles. The molecule has 0 atom stereocenters. The van der Waals surface area contributed by atoms with Crippen LogP contribution in [0.5, 0.6) is 23.0 Å². The number of benzene rings is 3. The number of hydrogen-bond acceptors (Lipinski definition) is 9. The van der Waals surface area contributed by atoms with E-state index in [1.807, 2.05) is 0 Å². The Bertz CT molecular complexity index is 2020. The number of carbonyl (C=O) groups excluding carboxylic acids is 1. The van der Waals surface area contributed by atoms with Crippen LogP contribution < -0.4 is 25.2 Å². The van der Waals surface area contributed by atoms with Crippen molar-refractivity contribution in [2.24, 2.45) is 0 Å². The highest BCUT2D eigenvalue weighted by molar-refractivity contribution is 6.01. The van der Waals surface area contributed by atoms with Gasteiger partial charge in [0.2, 0.25) is 5.82 Å². The Labute approximate surface area is 281 Å². The van der Waals surface area contributed by atoms with Crippen LogP contribution in [0.15, 0.2) is 71.7 Å². The fourth-order valence-corrected chi connectivity index (χ4v) is 5.63. The third-order valence-corrected chi connectivity index (χ3v) is 8.33. The number of methoxy groups -OCH3 is 1. The van der Waals surface area contributed by atoms with Gasteiger partial charge in [-0.2, -0.15) is 4.68 Å². The Morgan fingerprint density at radius 2 is 1.73 bits per heavy atom. The number of carbonyl (C=O) groups is 1. The van der Waals surface area contributed by atoms with E-state index in [2.05, 4.69) is 32.2 Å². The highest BCUT2D eigenvalue weighted by atomic mass is 19.1. The molecule has 1 saturated heterocycles. The summed E-state index contributed by atoms with van der Waals surface area (Å²) in [5, 5.41) is 7.21. The van der Waals surface area contributed by atoms with Gasteiger partial charge in [-0.25, -0.2) is 13.6 Å². The van der Waals surface area contributed by atoms with Gasteiger partial charge in [0.15, 0.2) is 23.1 Å². The number of anilines is 1. The molecule has 3 heterocycles. The van der Waals surface area contributed by atoms with E-state index >= 15 is 4.39 Å². The van der Waals surface area contributed by atoms with Gasteiger partial charge in [-0.3, -0.25) is 14.3 Å². The third-order valence-electron chi connectivity index (χ3n) is 8.33. The Hall–Kier alpha value is -5.34. The smallest absolute Gasteiger partial charge is 0.351 e. The number of rotatable bonds is 12. The normalized spacial score (nSPS) is 13.8. The Morgan fingerprint density at radius 1 is 0.939 bits per heavy atom. The highest BCUT2D eigenvalue weighted by Gasteiger charge is 2.22. The highest BCUT2D eigenvalue weighted by Crippen LogP contribution is 2.38. The summed E-state index contributed by atoms with van der Waals surface area (Å²) in [4.78, 5) is 35.2. The second-order valence-electron chi connectivity index (χ2n) is 11.6. The molecular formula is C35H37F2N7O5. The molecule has 2 aromatic heterocycles. The maximum Gasteiger partial charge on any atom is 0.351 e.